The van der Waals surface area contributed by atoms with E-state index >= 15 is 0 Å². The summed E-state index contributed by atoms with van der Waals surface area (Å²) in [6.45, 7) is 1.74. The Morgan fingerprint density at radius 3 is 2.52 bits per heavy atom. The number of fused-ring (bicyclic) bond motifs is 1. The van der Waals surface area contributed by atoms with Crippen molar-refractivity contribution in [1.29, 1.82) is 0 Å². The molecule has 0 spiro atoms. The van der Waals surface area contributed by atoms with Crippen molar-refractivity contribution in [1.82, 2.24) is 5.32 Å². The quantitative estimate of drug-likeness (QED) is 0.727. The van der Waals surface area contributed by atoms with E-state index in [1.165, 1.54) is 0 Å². The first-order valence-electron chi connectivity index (χ1n) is 7.72. The molecule has 128 valence electrons. The van der Waals surface area contributed by atoms with Gasteiger partial charge in [-0.1, -0.05) is 54.1 Å². The molecule has 0 aliphatic carbocycles. The molecule has 5 nitrogen and oxygen atoms in total. The zero-order valence-corrected chi connectivity index (χ0v) is 14.2. The van der Waals surface area contributed by atoms with Gasteiger partial charge in [-0.05, 0) is 18.6 Å². The first kappa shape index (κ1) is 17.0. The van der Waals surface area contributed by atoms with Crippen molar-refractivity contribution in [2.75, 3.05) is 0 Å². The molecule has 0 fully saturated rings. The second-order valence-electron chi connectivity index (χ2n) is 5.73. The first-order chi connectivity index (χ1) is 12.0. The van der Waals surface area contributed by atoms with Crippen molar-refractivity contribution in [3.63, 3.8) is 0 Å². The van der Waals surface area contributed by atoms with Gasteiger partial charge in [-0.2, -0.15) is 0 Å². The molecule has 25 heavy (non-hydrogen) atoms. The minimum atomic E-state index is -1.11. The number of hydrogen-bond donors (Lipinski definition) is 2. The van der Waals surface area contributed by atoms with E-state index in [0.29, 0.717) is 16.2 Å². The summed E-state index contributed by atoms with van der Waals surface area (Å²) in [6, 6.07) is 13.3. The molecule has 6 heteroatoms. The molecule has 1 atom stereocenters. The maximum atomic E-state index is 12.5. The molecule has 0 aliphatic rings. The van der Waals surface area contributed by atoms with Crippen LogP contribution in [0.15, 0.2) is 52.9 Å². The Bertz CT molecular complexity index is 933. The lowest BCUT2D eigenvalue weighted by Gasteiger charge is -2.14. The van der Waals surface area contributed by atoms with Crippen LogP contribution in [0, 0.1) is 6.92 Å². The number of aryl methyl sites for hydroxylation is 1. The summed E-state index contributed by atoms with van der Waals surface area (Å²) in [6.07, 6.45) is 0.182. The van der Waals surface area contributed by atoms with Crippen LogP contribution in [0.25, 0.3) is 11.0 Å². The van der Waals surface area contributed by atoms with Gasteiger partial charge >= 0.3 is 5.97 Å². The first-order valence-corrected chi connectivity index (χ1v) is 8.10. The molecule has 0 radical (unpaired) electrons. The smallest absolute Gasteiger partial charge is 0.326 e. The van der Waals surface area contributed by atoms with Crippen LogP contribution >= 0.6 is 11.6 Å². The summed E-state index contributed by atoms with van der Waals surface area (Å²) in [4.78, 5) is 24.1. The standard InChI is InChI=1S/C19H16ClNO4/c1-11-13-8-5-9-14(20)17(13)25-16(11)18(22)21-15(19(23)24)10-12-6-3-2-4-7-12/h2-9,15H,10H2,1H3,(H,21,22)(H,23,24). The predicted molar refractivity (Wildman–Crippen MR) is 95.0 cm³/mol. The van der Waals surface area contributed by atoms with Crippen LogP contribution in [-0.4, -0.2) is 23.0 Å². The Morgan fingerprint density at radius 2 is 1.88 bits per heavy atom. The molecule has 1 aromatic heterocycles. The number of carbonyl (C=O) groups excluding carboxylic acids is 1. The number of aliphatic carboxylic acids is 1. The fourth-order valence-electron chi connectivity index (χ4n) is 2.70. The molecular weight excluding hydrogens is 342 g/mol. The summed E-state index contributed by atoms with van der Waals surface area (Å²) >= 11 is 6.09. The molecule has 0 aliphatic heterocycles. The molecule has 0 saturated carbocycles. The molecule has 3 aromatic rings. The number of nitrogens with one attached hydrogen (secondary N) is 1. The second kappa shape index (κ2) is 6.99. The number of carboxylic acid groups (broad SMARTS) is 1. The monoisotopic (exact) mass is 357 g/mol. The average Bonchev–Trinajstić information content (AvgIpc) is 2.94. The van der Waals surface area contributed by atoms with Gasteiger partial charge in [-0.25, -0.2) is 4.79 Å². The Balaban J connectivity index is 1.86. The van der Waals surface area contributed by atoms with Crippen LogP contribution in [-0.2, 0) is 11.2 Å². The number of halogens is 1. The lowest BCUT2D eigenvalue weighted by Crippen LogP contribution is -2.42. The van der Waals surface area contributed by atoms with Crippen molar-refractivity contribution in [3.8, 4) is 0 Å². The number of amides is 1. The third-order valence-corrected chi connectivity index (χ3v) is 4.31. The van der Waals surface area contributed by atoms with E-state index in [-0.39, 0.29) is 12.2 Å². The van der Waals surface area contributed by atoms with Gasteiger partial charge in [-0.3, -0.25) is 4.79 Å². The molecule has 1 heterocycles. The fourth-order valence-corrected chi connectivity index (χ4v) is 2.91. The Hall–Kier alpha value is -2.79. The lowest BCUT2D eigenvalue weighted by atomic mass is 10.1. The summed E-state index contributed by atoms with van der Waals surface area (Å²) in [5.41, 5.74) is 1.86. The van der Waals surface area contributed by atoms with Crippen LogP contribution in [0.2, 0.25) is 5.02 Å². The van der Waals surface area contributed by atoms with Crippen LogP contribution in [0.4, 0.5) is 0 Å². The van der Waals surface area contributed by atoms with Gasteiger partial charge in [-0.15, -0.1) is 0 Å². The average molecular weight is 358 g/mol. The highest BCUT2D eigenvalue weighted by atomic mass is 35.5. The third kappa shape index (κ3) is 3.51. The van der Waals surface area contributed by atoms with Crippen molar-refractivity contribution in [2.24, 2.45) is 0 Å². The number of carbonyl (C=O) groups is 2. The zero-order chi connectivity index (χ0) is 18.0. The van der Waals surface area contributed by atoms with E-state index in [1.54, 1.807) is 25.1 Å². The number of carboxylic acids is 1. The van der Waals surface area contributed by atoms with Gasteiger partial charge in [0, 0.05) is 17.4 Å². The molecule has 1 amide bonds. The van der Waals surface area contributed by atoms with Gasteiger partial charge in [0.25, 0.3) is 5.91 Å². The minimum absolute atomic E-state index is 0.0717. The van der Waals surface area contributed by atoms with Crippen molar-refractivity contribution in [2.45, 2.75) is 19.4 Å². The summed E-state index contributed by atoms with van der Waals surface area (Å²) in [5, 5.41) is 13.1. The van der Waals surface area contributed by atoms with E-state index in [2.05, 4.69) is 5.32 Å². The topological polar surface area (TPSA) is 79.5 Å². The van der Waals surface area contributed by atoms with Crippen LogP contribution in [0.1, 0.15) is 21.7 Å². The van der Waals surface area contributed by atoms with Crippen LogP contribution in [0.3, 0.4) is 0 Å². The maximum Gasteiger partial charge on any atom is 0.326 e. The Kier molecular flexibility index (Phi) is 4.76. The number of hydrogen-bond acceptors (Lipinski definition) is 3. The highest BCUT2D eigenvalue weighted by Gasteiger charge is 2.25. The molecule has 0 bridgehead atoms. The highest BCUT2D eigenvalue weighted by molar-refractivity contribution is 6.35. The summed E-state index contributed by atoms with van der Waals surface area (Å²) < 4.78 is 5.59. The van der Waals surface area contributed by atoms with E-state index in [9.17, 15) is 14.7 Å². The highest BCUT2D eigenvalue weighted by Crippen LogP contribution is 2.30. The van der Waals surface area contributed by atoms with Crippen LogP contribution in [0.5, 0.6) is 0 Å². The number of furan rings is 1. The van der Waals surface area contributed by atoms with E-state index in [1.807, 2.05) is 30.3 Å². The normalized spacial score (nSPS) is 12.1. The molecule has 1 unspecified atom stereocenters. The number of para-hydroxylation sites is 1. The van der Waals surface area contributed by atoms with E-state index < -0.39 is 17.9 Å². The molecule has 2 N–H and O–H groups in total. The Morgan fingerprint density at radius 1 is 1.16 bits per heavy atom. The van der Waals surface area contributed by atoms with E-state index in [0.717, 1.165) is 10.9 Å². The van der Waals surface area contributed by atoms with Crippen molar-refractivity contribution >= 4 is 34.4 Å². The van der Waals surface area contributed by atoms with Gasteiger partial charge < -0.3 is 14.8 Å². The third-order valence-electron chi connectivity index (χ3n) is 4.01. The fraction of sp³-hybridized carbons (Fsp3) is 0.158. The number of rotatable bonds is 5. The summed E-state index contributed by atoms with van der Waals surface area (Å²) in [7, 11) is 0. The zero-order valence-electron chi connectivity index (χ0n) is 13.5. The van der Waals surface area contributed by atoms with Crippen molar-refractivity contribution < 1.29 is 19.1 Å². The van der Waals surface area contributed by atoms with Crippen LogP contribution < -0.4 is 5.32 Å². The van der Waals surface area contributed by atoms with Crippen molar-refractivity contribution in [3.05, 3.63) is 70.4 Å². The SMILES string of the molecule is Cc1c(C(=O)NC(Cc2ccccc2)C(=O)O)oc2c(Cl)cccc12. The molecule has 2 aromatic carbocycles. The van der Waals surface area contributed by atoms with Gasteiger partial charge in [0.2, 0.25) is 0 Å². The van der Waals surface area contributed by atoms with Gasteiger partial charge in [0.05, 0.1) is 5.02 Å². The van der Waals surface area contributed by atoms with E-state index in [4.69, 9.17) is 16.0 Å². The Labute approximate surface area is 149 Å². The lowest BCUT2D eigenvalue weighted by molar-refractivity contribution is -0.139. The molecular formula is C19H16ClNO4. The maximum absolute atomic E-state index is 12.5. The number of benzene rings is 2. The van der Waals surface area contributed by atoms with Gasteiger partial charge in [0.1, 0.15) is 6.04 Å². The minimum Gasteiger partial charge on any atom is -0.480 e. The predicted octanol–water partition coefficient (Wildman–Crippen LogP) is 3.82. The second-order valence-corrected chi connectivity index (χ2v) is 6.13. The largest absolute Gasteiger partial charge is 0.480 e. The van der Waals surface area contributed by atoms with Gasteiger partial charge in [0.15, 0.2) is 11.3 Å². The summed E-state index contributed by atoms with van der Waals surface area (Å²) in [5.74, 6) is -1.61. The molecule has 3 rings (SSSR count). The molecule has 0 saturated heterocycles.